The van der Waals surface area contributed by atoms with Crippen molar-refractivity contribution in [3.63, 3.8) is 0 Å². The zero-order valence-electron chi connectivity index (χ0n) is 5.35. The van der Waals surface area contributed by atoms with E-state index in [1.54, 1.807) is 6.07 Å². The number of nitrogens with one attached hydrogen (secondary N) is 1. The first-order valence-corrected chi connectivity index (χ1v) is 3.15. The molecule has 2 nitrogen and oxygen atoms in total. The summed E-state index contributed by atoms with van der Waals surface area (Å²) >= 11 is 0. The third-order valence-corrected chi connectivity index (χ3v) is 1.64. The fourth-order valence-electron chi connectivity index (χ4n) is 1.10. The summed E-state index contributed by atoms with van der Waals surface area (Å²) in [5, 5.41) is 2.73. The third-order valence-electron chi connectivity index (χ3n) is 1.64. The van der Waals surface area contributed by atoms with Crippen molar-refractivity contribution in [2.75, 3.05) is 0 Å². The summed E-state index contributed by atoms with van der Waals surface area (Å²) in [5.41, 5.74) is 1.84. The Kier molecular flexibility index (Phi) is 1.01. The molecule has 1 heterocycles. The Bertz CT molecular complexity index is 280. The summed E-state index contributed by atoms with van der Waals surface area (Å²) in [5.74, 6) is 0.0202. The standard InChI is InChI=1S/C8H6NO/c10-8-7-4-2-1-3-6(7)5-9-8/h1,3-4H,5H2,(H,9,10). The molecule has 0 saturated carbocycles. The van der Waals surface area contributed by atoms with Crippen LogP contribution in [-0.4, -0.2) is 5.91 Å². The maximum absolute atomic E-state index is 10.9. The van der Waals surface area contributed by atoms with Crippen LogP contribution in [0.15, 0.2) is 18.2 Å². The summed E-state index contributed by atoms with van der Waals surface area (Å²) in [6, 6.07) is 8.31. The molecule has 1 amide bonds. The van der Waals surface area contributed by atoms with Gasteiger partial charge in [-0.15, -0.1) is 0 Å². The molecule has 10 heavy (non-hydrogen) atoms. The van der Waals surface area contributed by atoms with Gasteiger partial charge in [-0.25, -0.2) is 0 Å². The largest absolute Gasteiger partial charge is 0.348 e. The molecule has 1 radical (unpaired) electrons. The summed E-state index contributed by atoms with van der Waals surface area (Å²) in [6.07, 6.45) is 0. The molecule has 0 bridgehead atoms. The van der Waals surface area contributed by atoms with Gasteiger partial charge >= 0.3 is 0 Å². The van der Waals surface area contributed by atoms with Crippen molar-refractivity contribution in [1.29, 1.82) is 0 Å². The first-order valence-electron chi connectivity index (χ1n) is 3.15. The van der Waals surface area contributed by atoms with Gasteiger partial charge in [0.1, 0.15) is 0 Å². The first kappa shape index (κ1) is 5.47. The molecular formula is C8H6NO. The van der Waals surface area contributed by atoms with Crippen LogP contribution in [-0.2, 0) is 6.54 Å². The highest BCUT2D eigenvalue weighted by atomic mass is 16.1. The lowest BCUT2D eigenvalue weighted by molar-refractivity contribution is 0.0966. The van der Waals surface area contributed by atoms with E-state index in [1.165, 1.54) is 0 Å². The van der Waals surface area contributed by atoms with Crippen LogP contribution >= 0.6 is 0 Å². The highest BCUT2D eigenvalue weighted by Crippen LogP contribution is 2.12. The predicted octanol–water partition coefficient (Wildman–Crippen LogP) is 0.730. The van der Waals surface area contributed by atoms with Crippen LogP contribution in [0, 0.1) is 6.07 Å². The second kappa shape index (κ2) is 1.84. The Morgan fingerprint density at radius 2 is 2.50 bits per heavy atom. The number of hydrogen-bond acceptors (Lipinski definition) is 1. The van der Waals surface area contributed by atoms with Gasteiger partial charge in [-0.05, 0) is 17.7 Å². The second-order valence-electron chi connectivity index (χ2n) is 2.27. The highest BCUT2D eigenvalue weighted by Gasteiger charge is 2.16. The van der Waals surface area contributed by atoms with Gasteiger partial charge in [0.25, 0.3) is 5.91 Å². The number of hydrogen-bond donors (Lipinski definition) is 1. The fraction of sp³-hybridized carbons (Fsp3) is 0.125. The van der Waals surface area contributed by atoms with Crippen LogP contribution < -0.4 is 5.32 Å². The SMILES string of the molecule is O=C1NCc2cc[c]cc21. The number of carbonyl (C=O) groups is 1. The zero-order chi connectivity index (χ0) is 6.97. The van der Waals surface area contributed by atoms with Gasteiger partial charge in [-0.1, -0.05) is 12.1 Å². The lowest BCUT2D eigenvalue weighted by Crippen LogP contribution is -2.12. The van der Waals surface area contributed by atoms with Crippen molar-refractivity contribution < 1.29 is 4.79 Å². The smallest absolute Gasteiger partial charge is 0.251 e. The second-order valence-corrected chi connectivity index (χ2v) is 2.27. The Hall–Kier alpha value is -1.31. The third kappa shape index (κ3) is 0.620. The van der Waals surface area contributed by atoms with Crippen LogP contribution in [0.25, 0.3) is 0 Å². The Balaban J connectivity index is 2.61. The molecule has 0 aromatic heterocycles. The minimum Gasteiger partial charge on any atom is -0.348 e. The number of benzene rings is 1. The van der Waals surface area contributed by atoms with E-state index in [0.29, 0.717) is 6.54 Å². The van der Waals surface area contributed by atoms with Gasteiger partial charge in [0, 0.05) is 12.1 Å². The molecule has 1 aliphatic rings. The molecular weight excluding hydrogens is 126 g/mol. The number of fused-ring (bicyclic) bond motifs is 1. The van der Waals surface area contributed by atoms with Crippen molar-refractivity contribution >= 4 is 5.91 Å². The van der Waals surface area contributed by atoms with E-state index in [9.17, 15) is 4.79 Å². The molecule has 49 valence electrons. The maximum atomic E-state index is 10.9. The molecule has 0 unspecified atom stereocenters. The minimum absolute atomic E-state index is 0.0202. The average Bonchev–Trinajstić information content (AvgIpc) is 2.34. The molecule has 0 spiro atoms. The predicted molar refractivity (Wildman–Crippen MR) is 36.4 cm³/mol. The van der Waals surface area contributed by atoms with E-state index >= 15 is 0 Å². The van der Waals surface area contributed by atoms with Gasteiger partial charge in [0.15, 0.2) is 0 Å². The molecule has 1 aromatic rings. The molecule has 0 fully saturated rings. The summed E-state index contributed by atoms with van der Waals surface area (Å²) in [6.45, 7) is 0.669. The molecule has 0 saturated heterocycles. The Morgan fingerprint density at radius 1 is 1.60 bits per heavy atom. The maximum Gasteiger partial charge on any atom is 0.251 e. The van der Waals surface area contributed by atoms with Crippen LogP contribution in [0.4, 0.5) is 0 Å². The molecule has 0 aliphatic carbocycles. The fourth-order valence-corrected chi connectivity index (χ4v) is 1.10. The number of carbonyl (C=O) groups excluding carboxylic acids is 1. The van der Waals surface area contributed by atoms with Crippen LogP contribution in [0.5, 0.6) is 0 Å². The highest BCUT2D eigenvalue weighted by molar-refractivity contribution is 5.98. The molecule has 2 rings (SSSR count). The molecule has 2 heteroatoms. The monoisotopic (exact) mass is 132 g/mol. The summed E-state index contributed by atoms with van der Waals surface area (Å²) in [7, 11) is 0. The van der Waals surface area contributed by atoms with E-state index in [0.717, 1.165) is 11.1 Å². The van der Waals surface area contributed by atoms with Gasteiger partial charge in [-0.3, -0.25) is 4.79 Å². The van der Waals surface area contributed by atoms with Crippen molar-refractivity contribution in [2.45, 2.75) is 6.54 Å². The average molecular weight is 132 g/mol. The lowest BCUT2D eigenvalue weighted by Gasteiger charge is -1.89. The van der Waals surface area contributed by atoms with E-state index in [-0.39, 0.29) is 5.91 Å². The van der Waals surface area contributed by atoms with Gasteiger partial charge in [-0.2, -0.15) is 0 Å². The molecule has 1 N–H and O–H groups in total. The number of amides is 1. The Morgan fingerprint density at radius 3 is 3.30 bits per heavy atom. The van der Waals surface area contributed by atoms with Crippen molar-refractivity contribution in [3.05, 3.63) is 35.4 Å². The van der Waals surface area contributed by atoms with Crippen LogP contribution in [0.2, 0.25) is 0 Å². The zero-order valence-corrected chi connectivity index (χ0v) is 5.35. The van der Waals surface area contributed by atoms with E-state index in [4.69, 9.17) is 0 Å². The van der Waals surface area contributed by atoms with Crippen molar-refractivity contribution in [3.8, 4) is 0 Å². The number of rotatable bonds is 0. The van der Waals surface area contributed by atoms with Crippen molar-refractivity contribution in [1.82, 2.24) is 5.32 Å². The normalized spacial score (nSPS) is 14.6. The van der Waals surface area contributed by atoms with Crippen molar-refractivity contribution in [2.24, 2.45) is 0 Å². The van der Waals surface area contributed by atoms with Gasteiger partial charge < -0.3 is 5.32 Å². The van der Waals surface area contributed by atoms with E-state index < -0.39 is 0 Å². The van der Waals surface area contributed by atoms with E-state index in [2.05, 4.69) is 11.4 Å². The quantitative estimate of drug-likeness (QED) is 0.554. The molecule has 1 aliphatic heterocycles. The van der Waals surface area contributed by atoms with Gasteiger partial charge in [0.05, 0.1) is 0 Å². The van der Waals surface area contributed by atoms with Crippen LogP contribution in [0.1, 0.15) is 15.9 Å². The lowest BCUT2D eigenvalue weighted by atomic mass is 10.1. The van der Waals surface area contributed by atoms with E-state index in [1.807, 2.05) is 12.1 Å². The van der Waals surface area contributed by atoms with Crippen LogP contribution in [0.3, 0.4) is 0 Å². The van der Waals surface area contributed by atoms with Gasteiger partial charge in [0.2, 0.25) is 0 Å². The topological polar surface area (TPSA) is 29.1 Å². The minimum atomic E-state index is 0.0202. The molecule has 0 atom stereocenters. The summed E-state index contributed by atoms with van der Waals surface area (Å²) < 4.78 is 0. The Labute approximate surface area is 58.9 Å². The molecule has 1 aromatic carbocycles. The first-order chi connectivity index (χ1) is 4.88. The summed E-state index contributed by atoms with van der Waals surface area (Å²) in [4.78, 5) is 10.9.